The average Bonchev–Trinajstić information content (AvgIpc) is 2.33. The van der Waals surface area contributed by atoms with Crippen LogP contribution in [0.4, 0.5) is 8.78 Å². The van der Waals surface area contributed by atoms with Crippen LogP contribution in [0.25, 0.3) is 0 Å². The first-order valence-corrected chi connectivity index (χ1v) is 7.26. The lowest BCUT2D eigenvalue weighted by Crippen LogP contribution is -2.05. The van der Waals surface area contributed by atoms with E-state index in [0.29, 0.717) is 0 Å². The van der Waals surface area contributed by atoms with E-state index in [4.69, 9.17) is 5.73 Å². The minimum absolute atomic E-state index is 0.0840. The van der Waals surface area contributed by atoms with Crippen molar-refractivity contribution in [2.24, 2.45) is 5.73 Å². The van der Waals surface area contributed by atoms with Gasteiger partial charge in [0, 0.05) is 15.4 Å². The van der Waals surface area contributed by atoms with Gasteiger partial charge in [-0.05, 0) is 42.8 Å². The highest BCUT2D eigenvalue weighted by Gasteiger charge is 2.09. The summed E-state index contributed by atoms with van der Waals surface area (Å²) in [5.41, 5.74) is 6.79. The molecule has 0 aliphatic carbocycles. The molecule has 2 rings (SSSR count). The number of halogens is 3. The number of nitrogens with two attached hydrogens (primary N) is 1. The molecule has 100 valence electrons. The standard InChI is InChI=1S/C14H12BrF2NS/c1-8(18)11-4-3-10(7-12(11)15)19-14-6-9(16)2-5-13(14)17/h2-8H,18H2,1H3. The van der Waals surface area contributed by atoms with Crippen LogP contribution in [-0.2, 0) is 0 Å². The summed E-state index contributed by atoms with van der Waals surface area (Å²) in [6.45, 7) is 1.89. The lowest BCUT2D eigenvalue weighted by molar-refractivity contribution is 0.577. The van der Waals surface area contributed by atoms with Gasteiger partial charge in [-0.25, -0.2) is 8.78 Å². The Morgan fingerprint density at radius 2 is 1.89 bits per heavy atom. The van der Waals surface area contributed by atoms with Crippen LogP contribution in [0.15, 0.2) is 50.7 Å². The van der Waals surface area contributed by atoms with E-state index in [2.05, 4.69) is 15.9 Å². The van der Waals surface area contributed by atoms with Gasteiger partial charge in [0.25, 0.3) is 0 Å². The zero-order valence-electron chi connectivity index (χ0n) is 10.2. The van der Waals surface area contributed by atoms with Crippen molar-refractivity contribution in [3.8, 4) is 0 Å². The highest BCUT2D eigenvalue weighted by atomic mass is 79.9. The first-order valence-electron chi connectivity index (χ1n) is 5.65. The first-order chi connectivity index (χ1) is 8.97. The maximum Gasteiger partial charge on any atom is 0.137 e. The van der Waals surface area contributed by atoms with Gasteiger partial charge in [-0.15, -0.1) is 0 Å². The molecule has 0 aliphatic heterocycles. The van der Waals surface area contributed by atoms with Gasteiger partial charge in [0.2, 0.25) is 0 Å². The first kappa shape index (κ1) is 14.5. The average molecular weight is 344 g/mol. The Morgan fingerprint density at radius 1 is 1.16 bits per heavy atom. The second kappa shape index (κ2) is 6.03. The molecule has 1 nitrogen and oxygen atoms in total. The summed E-state index contributed by atoms with van der Waals surface area (Å²) < 4.78 is 27.5. The van der Waals surface area contributed by atoms with Crippen LogP contribution in [0, 0.1) is 11.6 Å². The molecule has 0 radical (unpaired) electrons. The van der Waals surface area contributed by atoms with Crippen molar-refractivity contribution < 1.29 is 8.78 Å². The summed E-state index contributed by atoms with van der Waals surface area (Å²) in [7, 11) is 0. The van der Waals surface area contributed by atoms with E-state index in [-0.39, 0.29) is 10.9 Å². The largest absolute Gasteiger partial charge is 0.324 e. The molecule has 0 amide bonds. The zero-order valence-corrected chi connectivity index (χ0v) is 12.6. The predicted octanol–water partition coefficient (Wildman–Crippen LogP) is 4.90. The van der Waals surface area contributed by atoms with Gasteiger partial charge < -0.3 is 5.73 Å². The monoisotopic (exact) mass is 343 g/mol. The number of hydrogen-bond donors (Lipinski definition) is 1. The molecule has 2 aromatic carbocycles. The van der Waals surface area contributed by atoms with Crippen LogP contribution >= 0.6 is 27.7 Å². The molecule has 0 bridgehead atoms. The minimum Gasteiger partial charge on any atom is -0.324 e. The van der Waals surface area contributed by atoms with Crippen molar-refractivity contribution in [2.75, 3.05) is 0 Å². The third-order valence-corrected chi connectivity index (χ3v) is 4.29. The van der Waals surface area contributed by atoms with Gasteiger partial charge in [0.1, 0.15) is 11.6 Å². The van der Waals surface area contributed by atoms with Crippen molar-refractivity contribution in [2.45, 2.75) is 22.8 Å². The third-order valence-electron chi connectivity index (χ3n) is 2.58. The Labute approximate surface area is 123 Å². The predicted molar refractivity (Wildman–Crippen MR) is 77.2 cm³/mol. The Balaban J connectivity index is 2.29. The maximum absolute atomic E-state index is 13.5. The lowest BCUT2D eigenvalue weighted by Gasteiger charge is -2.10. The highest BCUT2D eigenvalue weighted by Crippen LogP contribution is 2.34. The van der Waals surface area contributed by atoms with Crippen LogP contribution in [-0.4, -0.2) is 0 Å². The highest BCUT2D eigenvalue weighted by molar-refractivity contribution is 9.10. The quantitative estimate of drug-likeness (QED) is 0.857. The van der Waals surface area contributed by atoms with Crippen LogP contribution < -0.4 is 5.73 Å². The molecular formula is C14H12BrF2NS. The van der Waals surface area contributed by atoms with Crippen molar-refractivity contribution >= 4 is 27.7 Å². The molecule has 0 heterocycles. The van der Waals surface area contributed by atoms with E-state index in [1.54, 1.807) is 0 Å². The summed E-state index contributed by atoms with van der Waals surface area (Å²) in [6.07, 6.45) is 0. The fraction of sp³-hybridized carbons (Fsp3) is 0.143. The van der Waals surface area contributed by atoms with Gasteiger partial charge in [-0.1, -0.05) is 33.8 Å². The summed E-state index contributed by atoms with van der Waals surface area (Å²) in [5.74, 6) is -0.881. The van der Waals surface area contributed by atoms with Crippen LogP contribution in [0.2, 0.25) is 0 Å². The zero-order chi connectivity index (χ0) is 14.0. The number of rotatable bonds is 3. The summed E-state index contributed by atoms with van der Waals surface area (Å²) in [4.78, 5) is 1.08. The van der Waals surface area contributed by atoms with E-state index in [1.165, 1.54) is 17.8 Å². The third kappa shape index (κ3) is 3.55. The van der Waals surface area contributed by atoms with E-state index in [1.807, 2.05) is 25.1 Å². The second-order valence-electron chi connectivity index (χ2n) is 4.15. The van der Waals surface area contributed by atoms with Crippen molar-refractivity contribution in [3.05, 3.63) is 58.1 Å². The Morgan fingerprint density at radius 3 is 2.53 bits per heavy atom. The molecule has 5 heteroatoms. The van der Waals surface area contributed by atoms with Crippen molar-refractivity contribution in [1.29, 1.82) is 0 Å². The molecule has 0 fully saturated rings. The molecular weight excluding hydrogens is 332 g/mol. The molecule has 2 aromatic rings. The lowest BCUT2D eigenvalue weighted by atomic mass is 10.1. The Kier molecular flexibility index (Phi) is 4.60. The smallest absolute Gasteiger partial charge is 0.137 e. The van der Waals surface area contributed by atoms with Crippen molar-refractivity contribution in [1.82, 2.24) is 0 Å². The molecule has 1 unspecified atom stereocenters. The van der Waals surface area contributed by atoms with E-state index >= 15 is 0 Å². The van der Waals surface area contributed by atoms with Crippen molar-refractivity contribution in [3.63, 3.8) is 0 Å². The number of benzene rings is 2. The molecule has 0 saturated heterocycles. The maximum atomic E-state index is 13.5. The Bertz CT molecular complexity index is 602. The molecule has 0 spiro atoms. The van der Waals surface area contributed by atoms with Gasteiger partial charge in [0.05, 0.1) is 4.90 Å². The van der Waals surface area contributed by atoms with E-state index in [9.17, 15) is 8.78 Å². The van der Waals surface area contributed by atoms with Crippen LogP contribution in [0.5, 0.6) is 0 Å². The van der Waals surface area contributed by atoms with Gasteiger partial charge in [-0.2, -0.15) is 0 Å². The van der Waals surface area contributed by atoms with Crippen LogP contribution in [0.3, 0.4) is 0 Å². The summed E-state index contributed by atoms with van der Waals surface area (Å²) in [5, 5.41) is 0. The topological polar surface area (TPSA) is 26.0 Å². The van der Waals surface area contributed by atoms with E-state index < -0.39 is 11.6 Å². The minimum atomic E-state index is -0.449. The molecule has 19 heavy (non-hydrogen) atoms. The summed E-state index contributed by atoms with van der Waals surface area (Å²) in [6, 6.07) is 8.92. The SMILES string of the molecule is CC(N)c1ccc(Sc2cc(F)ccc2F)cc1Br. The van der Waals surface area contributed by atoms with Gasteiger partial charge in [0.15, 0.2) is 0 Å². The Hall–Kier alpha value is -0.910. The molecule has 0 aliphatic rings. The fourth-order valence-corrected chi connectivity index (χ4v) is 3.42. The molecule has 0 saturated carbocycles. The molecule has 2 N–H and O–H groups in total. The second-order valence-corrected chi connectivity index (χ2v) is 6.12. The van der Waals surface area contributed by atoms with Gasteiger partial charge >= 0.3 is 0 Å². The van der Waals surface area contributed by atoms with E-state index in [0.717, 1.165) is 27.1 Å². The normalized spacial score (nSPS) is 12.5. The van der Waals surface area contributed by atoms with Gasteiger partial charge in [-0.3, -0.25) is 0 Å². The fourth-order valence-electron chi connectivity index (χ4n) is 1.62. The summed E-state index contributed by atoms with van der Waals surface area (Å²) >= 11 is 4.61. The van der Waals surface area contributed by atoms with Crippen LogP contribution in [0.1, 0.15) is 18.5 Å². The molecule has 1 atom stereocenters. The molecule has 0 aromatic heterocycles. The number of hydrogen-bond acceptors (Lipinski definition) is 2.